The van der Waals surface area contributed by atoms with Crippen LogP contribution in [-0.2, 0) is 21.7 Å². The summed E-state index contributed by atoms with van der Waals surface area (Å²) in [5, 5.41) is 0. The van der Waals surface area contributed by atoms with Gasteiger partial charge in [0.2, 0.25) is 0 Å². The number of hydrogen-bond donors (Lipinski definition) is 0. The molecule has 0 aliphatic carbocycles. The molecular weight excluding hydrogens is 248 g/mol. The molecule has 1 aromatic heterocycles. The molecule has 0 bridgehead atoms. The van der Waals surface area contributed by atoms with Gasteiger partial charge in [-0.05, 0) is 0 Å². The summed E-state index contributed by atoms with van der Waals surface area (Å²) in [6.45, 7) is 9.98. The third-order valence-electron chi connectivity index (χ3n) is 0.455. The van der Waals surface area contributed by atoms with Crippen LogP contribution in [0.5, 0.6) is 0 Å². The van der Waals surface area contributed by atoms with E-state index in [0.717, 1.165) is 9.52 Å². The number of hydrogen-bond acceptors (Lipinski definition) is 0. The van der Waals surface area contributed by atoms with E-state index in [9.17, 15) is 0 Å². The van der Waals surface area contributed by atoms with Crippen LogP contribution >= 0.6 is 0 Å². The first-order valence-electron chi connectivity index (χ1n) is 4.42. The predicted octanol–water partition coefficient (Wildman–Crippen LogP) is 3.90. The first-order chi connectivity index (χ1) is 5.91. The fourth-order valence-electron chi connectivity index (χ4n) is 0.248. The van der Waals surface area contributed by atoms with Gasteiger partial charge < -0.3 is 25.6 Å². The van der Waals surface area contributed by atoms with Crippen molar-refractivity contribution in [1.29, 1.82) is 0 Å². The minimum atomic E-state index is -0.250. The molecule has 1 N–H and O–H groups in total. The number of nitrogens with one attached hydrogen (secondary N) is 1. The molecule has 1 heterocycles. The quantitative estimate of drug-likeness (QED) is 0.522. The van der Waals surface area contributed by atoms with Crippen LogP contribution in [0.1, 0.15) is 20.8 Å². The average molecular weight is 275 g/mol. The van der Waals surface area contributed by atoms with Crippen LogP contribution in [0.15, 0.2) is 24.5 Å². The fourth-order valence-corrected chi connectivity index (χ4v) is 0.248. The zero-order chi connectivity index (χ0) is 10.7. The summed E-state index contributed by atoms with van der Waals surface area (Å²) in [7, 11) is 0.750. The van der Waals surface area contributed by atoms with Crippen molar-refractivity contribution < 1.29 is 21.7 Å². The van der Waals surface area contributed by atoms with Crippen LogP contribution in [0.4, 0.5) is 0 Å². The first kappa shape index (κ1) is 29.8. The van der Waals surface area contributed by atoms with Gasteiger partial charge in [0.1, 0.15) is 0 Å². The second kappa shape index (κ2) is 20.6. The summed E-state index contributed by atoms with van der Waals surface area (Å²) in [6.07, 6.45) is 3.50. The Hall–Kier alpha value is 0.171. The topological polar surface area (TPSA) is 37.9 Å². The molecule has 0 saturated heterocycles. The van der Waals surface area contributed by atoms with E-state index >= 15 is 0 Å². The van der Waals surface area contributed by atoms with Gasteiger partial charge in [-0.25, -0.2) is 0 Å². The second-order valence-corrected chi connectivity index (χ2v) is 4.81. The summed E-state index contributed by atoms with van der Waals surface area (Å²) in [6, 6.07) is 3.78. The first-order valence-corrected chi connectivity index (χ1v) is 6.73. The van der Waals surface area contributed by atoms with Crippen LogP contribution in [-0.4, -0.2) is 15.1 Å². The van der Waals surface area contributed by atoms with E-state index in [4.69, 9.17) is 5.73 Å². The van der Waals surface area contributed by atoms with E-state index < -0.39 is 0 Å². The van der Waals surface area contributed by atoms with E-state index in [-0.39, 0.29) is 42.1 Å². The summed E-state index contributed by atoms with van der Waals surface area (Å²) >= 11 is 0. The van der Waals surface area contributed by atoms with Crippen LogP contribution < -0.4 is 4.98 Å². The molecule has 0 fully saturated rings. The predicted molar refractivity (Wildman–Crippen MR) is 75.5 cm³/mol. The number of rotatable bonds is 0. The summed E-state index contributed by atoms with van der Waals surface area (Å²) < 4.78 is 0. The molecule has 2 nitrogen and oxygen atoms in total. The smallest absolute Gasteiger partial charge is 0.673 e. The molecule has 0 unspecified atom stereocenters. The van der Waals surface area contributed by atoms with Crippen molar-refractivity contribution in [2.75, 3.05) is 0 Å². The molecule has 16 heavy (non-hydrogen) atoms. The third-order valence-corrected chi connectivity index (χ3v) is 0.455. The van der Waals surface area contributed by atoms with Crippen LogP contribution in [0.3, 0.4) is 0 Å². The van der Waals surface area contributed by atoms with Gasteiger partial charge in [0.05, 0.1) is 0 Å². The average Bonchev–Trinajstić information content (AvgIpc) is 2.36. The molecule has 0 saturated carbocycles. The minimum absolute atomic E-state index is 0. The van der Waals surface area contributed by atoms with E-state index in [1.807, 2.05) is 32.9 Å². The van der Waals surface area contributed by atoms with Crippen molar-refractivity contribution in [1.82, 2.24) is 4.98 Å². The zero-order valence-electron chi connectivity index (χ0n) is 11.8. The van der Waals surface area contributed by atoms with E-state index in [1.165, 1.54) is 0 Å². The van der Waals surface area contributed by atoms with Crippen LogP contribution in [0.2, 0.25) is 13.1 Å². The maximum atomic E-state index is 6.94. The van der Waals surface area contributed by atoms with E-state index in [0.29, 0.717) is 0 Å². The van der Waals surface area contributed by atoms with Crippen molar-refractivity contribution >= 4 is 9.52 Å². The van der Waals surface area contributed by atoms with Gasteiger partial charge in [0.25, 0.3) is 0 Å². The van der Waals surface area contributed by atoms with Gasteiger partial charge in [0.15, 0.2) is 0 Å². The van der Waals surface area contributed by atoms with Crippen molar-refractivity contribution in [3.63, 3.8) is 0 Å². The summed E-state index contributed by atoms with van der Waals surface area (Å²) in [4.78, 5) is 3.72. The maximum Gasteiger partial charge on any atom is 4.00 e. The monoisotopic (exact) mass is 275 g/mol. The van der Waals surface area contributed by atoms with Crippen LogP contribution in [0, 0.1) is 14.9 Å². The molecule has 1 rings (SSSR count). The largest absolute Gasteiger partial charge is 4.00 e. The zero-order valence-corrected chi connectivity index (χ0v) is 14.6. The van der Waals surface area contributed by atoms with Gasteiger partial charge in [-0.1, -0.05) is 46.0 Å². The minimum Gasteiger partial charge on any atom is -0.673 e. The van der Waals surface area contributed by atoms with Crippen LogP contribution in [0.25, 0.3) is 5.73 Å². The van der Waals surface area contributed by atoms with E-state index in [1.54, 1.807) is 12.4 Å². The Balaban J connectivity index is -0.0000000356. The van der Waals surface area contributed by atoms with Crippen molar-refractivity contribution in [3.8, 4) is 0 Å². The Morgan fingerprint density at radius 1 is 1.00 bits per heavy atom. The third kappa shape index (κ3) is 91.9. The van der Waals surface area contributed by atoms with E-state index in [2.05, 4.69) is 18.1 Å². The molecular formula is C12H27N2SiTi. The molecule has 0 aromatic carbocycles. The standard InChI is InChI=1S/C4H4N.C4H10N.C2H7Si.2CH3.Ti/c1-2-4-5-3-1;1-4(2,3)5;1-3-2;;;/h1-4H;5H,1-3H3;3H,1-2H3;2*1H3;/q2*-1;;2*-1;+4. The van der Waals surface area contributed by atoms with Crippen molar-refractivity contribution in [2.45, 2.75) is 39.4 Å². The van der Waals surface area contributed by atoms with Gasteiger partial charge in [-0.3, -0.25) is 0 Å². The Bertz CT molecular complexity index is 137. The maximum absolute atomic E-state index is 6.94. The Morgan fingerprint density at radius 2 is 1.19 bits per heavy atom. The van der Waals surface area contributed by atoms with Gasteiger partial charge in [0, 0.05) is 9.52 Å². The van der Waals surface area contributed by atoms with Crippen molar-refractivity contribution in [3.05, 3.63) is 45.1 Å². The summed E-state index contributed by atoms with van der Waals surface area (Å²) in [5.74, 6) is 0. The molecule has 0 aliphatic rings. The fraction of sp³-hybridized carbons (Fsp3) is 0.500. The molecule has 1 aromatic rings. The second-order valence-electron chi connectivity index (χ2n) is 3.66. The Labute approximate surface area is 121 Å². The molecule has 1 radical (unpaired) electrons. The van der Waals surface area contributed by atoms with Crippen molar-refractivity contribution in [2.24, 2.45) is 0 Å². The molecule has 4 heteroatoms. The van der Waals surface area contributed by atoms with Gasteiger partial charge >= 0.3 is 21.7 Å². The van der Waals surface area contributed by atoms with Gasteiger partial charge in [-0.15, -0.1) is 5.54 Å². The molecule has 0 aliphatic heterocycles. The number of aromatic nitrogens is 1. The molecule has 0 amide bonds. The molecule has 0 spiro atoms. The Morgan fingerprint density at radius 3 is 1.25 bits per heavy atom. The SMILES string of the molecule is CC(C)(C)[NH-].C[SiH]C.[CH3-].[CH3-].[Ti+4].c1cc[n-]c1. The molecule has 0 atom stereocenters. The Kier molecular flexibility index (Phi) is 38.3. The normalized spacial score (nSPS) is 7.38. The molecule has 93 valence electrons. The number of nitrogens with zero attached hydrogens (tertiary/aromatic N) is 1. The van der Waals surface area contributed by atoms with Gasteiger partial charge in [-0.2, -0.15) is 12.4 Å². The summed E-state index contributed by atoms with van der Waals surface area (Å²) in [5.41, 5.74) is 6.69.